The van der Waals surface area contributed by atoms with E-state index in [0.29, 0.717) is 6.54 Å². The molecule has 0 radical (unpaired) electrons. The van der Waals surface area contributed by atoms with Crippen molar-refractivity contribution >= 4 is 50.8 Å². The monoisotopic (exact) mass is 582 g/mol. The lowest BCUT2D eigenvalue weighted by Gasteiger charge is -2.17. The summed E-state index contributed by atoms with van der Waals surface area (Å²) in [6.07, 6.45) is -1.55. The van der Waals surface area contributed by atoms with Crippen molar-refractivity contribution in [2.24, 2.45) is 0 Å². The first kappa shape index (κ1) is 29.1. The number of esters is 1. The van der Waals surface area contributed by atoms with Crippen LogP contribution in [0.25, 0.3) is 0 Å². The molecule has 202 valence electrons. The summed E-state index contributed by atoms with van der Waals surface area (Å²) < 4.78 is 44.5. The second-order valence-corrected chi connectivity index (χ2v) is 10.2. The Bertz CT molecular complexity index is 1460. The Hall–Kier alpha value is -3.51. The van der Waals surface area contributed by atoms with Crippen molar-refractivity contribution in [2.75, 3.05) is 25.5 Å². The number of carbonyl (C=O) groups is 2. The van der Waals surface area contributed by atoms with E-state index in [9.17, 15) is 23.1 Å². The van der Waals surface area contributed by atoms with Crippen LogP contribution in [0.15, 0.2) is 59.5 Å². The normalized spacial score (nSPS) is 11.8. The highest BCUT2D eigenvalue weighted by molar-refractivity contribution is 7.92. The molecule has 1 amide bonds. The predicted molar refractivity (Wildman–Crippen MR) is 142 cm³/mol. The van der Waals surface area contributed by atoms with E-state index in [0.717, 1.165) is 7.11 Å². The molecule has 0 spiro atoms. The number of aliphatic hydroxyl groups is 1. The lowest BCUT2D eigenvalue weighted by atomic mass is 10.1. The highest BCUT2D eigenvalue weighted by Gasteiger charge is 2.23. The Morgan fingerprint density at radius 3 is 2.29 bits per heavy atom. The lowest BCUT2D eigenvalue weighted by molar-refractivity contribution is -0.150. The van der Waals surface area contributed by atoms with Gasteiger partial charge in [0, 0.05) is 12.1 Å². The summed E-state index contributed by atoms with van der Waals surface area (Å²) in [5.41, 5.74) is 0.309. The Balaban J connectivity index is 2.04. The van der Waals surface area contributed by atoms with Gasteiger partial charge < -0.3 is 24.6 Å². The summed E-state index contributed by atoms with van der Waals surface area (Å²) in [5, 5.41) is 13.0. The molecule has 0 saturated heterocycles. The Labute approximate surface area is 229 Å². The van der Waals surface area contributed by atoms with Crippen LogP contribution in [0.4, 0.5) is 5.69 Å². The Kier molecular flexibility index (Phi) is 9.45. The van der Waals surface area contributed by atoms with Crippen molar-refractivity contribution in [3.8, 4) is 17.2 Å². The smallest absolute Gasteiger partial charge is 0.339 e. The highest BCUT2D eigenvalue weighted by atomic mass is 35.5. The minimum atomic E-state index is -4.19. The van der Waals surface area contributed by atoms with Crippen LogP contribution in [0.3, 0.4) is 0 Å². The van der Waals surface area contributed by atoms with Crippen molar-refractivity contribution in [1.29, 1.82) is 0 Å². The fraction of sp³-hybridized carbons (Fsp3) is 0.200. The molecular weight excluding hydrogens is 559 g/mol. The number of nitrogens with one attached hydrogen (secondary N) is 2. The summed E-state index contributed by atoms with van der Waals surface area (Å²) in [6.45, 7) is 2.11. The van der Waals surface area contributed by atoms with Crippen LogP contribution in [-0.2, 0) is 19.6 Å². The number of carbonyl (C=O) groups excluding carboxylic acids is 2. The van der Waals surface area contributed by atoms with E-state index in [4.69, 9.17) is 32.7 Å². The lowest BCUT2D eigenvalue weighted by Crippen LogP contribution is -2.23. The number of sulfonamides is 1. The molecule has 3 aromatic rings. The van der Waals surface area contributed by atoms with Crippen LogP contribution in [0.2, 0.25) is 10.0 Å². The van der Waals surface area contributed by atoms with Crippen LogP contribution >= 0.6 is 23.2 Å². The maximum absolute atomic E-state index is 13.1. The number of halogens is 2. The first-order chi connectivity index (χ1) is 18.0. The average molecular weight is 583 g/mol. The van der Waals surface area contributed by atoms with Gasteiger partial charge in [0.1, 0.15) is 0 Å². The third-order valence-corrected chi connectivity index (χ3v) is 7.27. The standard InChI is InChI=1S/C25H24Cl2N2O8S/c1-4-28-24(31)15-6-9-20(19(11-15)29-38(33,34)16-7-8-17(26)18(27)13-16)37-21-10-5-14(12-22(21)35-2)23(30)25(32)36-3/h5-13,23,29-30H,4H2,1-3H3,(H,28,31). The molecule has 10 nitrogen and oxygen atoms in total. The number of benzene rings is 3. The zero-order valence-corrected chi connectivity index (χ0v) is 22.8. The van der Waals surface area contributed by atoms with Gasteiger partial charge in [-0.1, -0.05) is 29.3 Å². The van der Waals surface area contributed by atoms with Gasteiger partial charge in [-0.15, -0.1) is 0 Å². The van der Waals surface area contributed by atoms with Gasteiger partial charge in [0.15, 0.2) is 23.4 Å². The number of methoxy groups -OCH3 is 2. The molecule has 0 bridgehead atoms. The topological polar surface area (TPSA) is 140 Å². The molecule has 0 fully saturated rings. The van der Waals surface area contributed by atoms with Gasteiger partial charge in [0.2, 0.25) is 0 Å². The van der Waals surface area contributed by atoms with Crippen LogP contribution in [0.5, 0.6) is 17.2 Å². The fourth-order valence-corrected chi connectivity index (χ4v) is 4.70. The van der Waals surface area contributed by atoms with E-state index in [1.165, 1.54) is 61.7 Å². The molecule has 1 unspecified atom stereocenters. The maximum Gasteiger partial charge on any atom is 0.339 e. The zero-order chi connectivity index (χ0) is 28.0. The molecule has 3 N–H and O–H groups in total. The summed E-state index contributed by atoms with van der Waals surface area (Å²) in [7, 11) is -1.69. The van der Waals surface area contributed by atoms with Gasteiger partial charge in [0.05, 0.1) is 34.8 Å². The molecule has 3 rings (SSSR count). The molecule has 0 saturated carbocycles. The van der Waals surface area contributed by atoms with E-state index >= 15 is 0 Å². The number of hydrogen-bond donors (Lipinski definition) is 3. The highest BCUT2D eigenvalue weighted by Crippen LogP contribution is 2.38. The van der Waals surface area contributed by atoms with Crippen molar-refractivity contribution in [3.63, 3.8) is 0 Å². The fourth-order valence-electron chi connectivity index (χ4n) is 3.26. The van der Waals surface area contributed by atoms with Crippen molar-refractivity contribution in [1.82, 2.24) is 5.32 Å². The molecule has 0 heterocycles. The zero-order valence-electron chi connectivity index (χ0n) is 20.4. The molecule has 0 aromatic heterocycles. The number of rotatable bonds is 10. The minimum absolute atomic E-state index is 0.0289. The number of ether oxygens (including phenoxy) is 3. The molecule has 0 aliphatic heterocycles. The van der Waals surface area contributed by atoms with Gasteiger partial charge >= 0.3 is 5.97 Å². The van der Waals surface area contributed by atoms with Gasteiger partial charge in [0.25, 0.3) is 15.9 Å². The van der Waals surface area contributed by atoms with Gasteiger partial charge in [-0.25, -0.2) is 13.2 Å². The average Bonchev–Trinajstić information content (AvgIpc) is 2.90. The third-order valence-electron chi connectivity index (χ3n) is 5.17. The summed E-state index contributed by atoms with van der Waals surface area (Å²) in [5.74, 6) is -0.986. The largest absolute Gasteiger partial charge is 0.493 e. The van der Waals surface area contributed by atoms with Crippen LogP contribution in [0.1, 0.15) is 28.9 Å². The minimum Gasteiger partial charge on any atom is -0.493 e. The number of aliphatic hydroxyl groups excluding tert-OH is 1. The van der Waals surface area contributed by atoms with E-state index in [1.807, 2.05) is 0 Å². The van der Waals surface area contributed by atoms with Crippen LogP contribution in [0, 0.1) is 0 Å². The molecule has 0 aliphatic rings. The van der Waals surface area contributed by atoms with Gasteiger partial charge in [-0.2, -0.15) is 0 Å². The molecule has 1 atom stereocenters. The van der Waals surface area contributed by atoms with E-state index < -0.39 is 28.0 Å². The summed E-state index contributed by atoms with van der Waals surface area (Å²) in [6, 6.07) is 12.2. The second kappa shape index (κ2) is 12.4. The second-order valence-electron chi connectivity index (χ2n) is 7.69. The third kappa shape index (κ3) is 6.67. The molecule has 38 heavy (non-hydrogen) atoms. The SMILES string of the molecule is CCNC(=O)c1ccc(Oc2ccc(C(O)C(=O)OC)cc2OC)c(NS(=O)(=O)c2ccc(Cl)c(Cl)c2)c1. The summed E-state index contributed by atoms with van der Waals surface area (Å²) >= 11 is 11.9. The van der Waals surface area contributed by atoms with Crippen molar-refractivity contribution < 1.29 is 37.3 Å². The predicted octanol–water partition coefficient (Wildman–Crippen LogP) is 4.55. The van der Waals surface area contributed by atoms with E-state index in [-0.39, 0.29) is 49.0 Å². The van der Waals surface area contributed by atoms with Crippen LogP contribution < -0.4 is 19.5 Å². The molecule has 0 aliphatic carbocycles. The van der Waals surface area contributed by atoms with E-state index in [2.05, 4.69) is 14.8 Å². The molecule has 13 heteroatoms. The van der Waals surface area contributed by atoms with Crippen molar-refractivity contribution in [3.05, 3.63) is 75.8 Å². The first-order valence-electron chi connectivity index (χ1n) is 11.0. The number of hydrogen-bond acceptors (Lipinski definition) is 8. The molecule has 3 aromatic carbocycles. The number of anilines is 1. The quantitative estimate of drug-likeness (QED) is 0.296. The van der Waals surface area contributed by atoms with Gasteiger partial charge in [-0.05, 0) is 61.0 Å². The maximum atomic E-state index is 13.1. The van der Waals surface area contributed by atoms with Gasteiger partial charge in [-0.3, -0.25) is 9.52 Å². The van der Waals surface area contributed by atoms with Crippen molar-refractivity contribution in [2.45, 2.75) is 17.9 Å². The Morgan fingerprint density at radius 1 is 0.947 bits per heavy atom. The molecular formula is C25H24Cl2N2O8S. The summed E-state index contributed by atoms with van der Waals surface area (Å²) in [4.78, 5) is 24.0. The number of amides is 1. The van der Waals surface area contributed by atoms with Crippen LogP contribution in [-0.4, -0.2) is 46.2 Å². The van der Waals surface area contributed by atoms with E-state index in [1.54, 1.807) is 6.92 Å². The Morgan fingerprint density at radius 2 is 1.66 bits per heavy atom. The first-order valence-corrected chi connectivity index (χ1v) is 13.3.